The van der Waals surface area contributed by atoms with Gasteiger partial charge < -0.3 is 14.9 Å². The average molecular weight is 350 g/mol. The number of allylic oxidation sites excluding steroid dienone is 2. The van der Waals surface area contributed by atoms with Crippen molar-refractivity contribution in [2.75, 3.05) is 13.2 Å². The number of hydrogen-bond donors (Lipinski definition) is 2. The van der Waals surface area contributed by atoms with Gasteiger partial charge in [-0.05, 0) is 13.0 Å². The topological polar surface area (TPSA) is 66.8 Å². The average Bonchev–Trinajstić information content (AvgIpc) is 2.67. The van der Waals surface area contributed by atoms with Crippen molar-refractivity contribution >= 4 is 5.78 Å². The van der Waals surface area contributed by atoms with Gasteiger partial charge in [0.15, 0.2) is 5.78 Å². The van der Waals surface area contributed by atoms with Gasteiger partial charge >= 0.3 is 0 Å². The second kappa shape index (κ2) is 7.28. The molecule has 134 valence electrons. The molecule has 0 aromatic heterocycles. The van der Waals surface area contributed by atoms with Crippen LogP contribution >= 0.6 is 0 Å². The van der Waals surface area contributed by atoms with E-state index in [1.54, 1.807) is 73.7 Å². The summed E-state index contributed by atoms with van der Waals surface area (Å²) in [6.45, 7) is 1.59. The second-order valence-corrected chi connectivity index (χ2v) is 6.44. The fraction of sp³-hybridized carbons (Fsp3) is 0.227. The summed E-state index contributed by atoms with van der Waals surface area (Å²) in [5.41, 5.74) is -1.72. The summed E-state index contributed by atoms with van der Waals surface area (Å²) >= 11 is 0. The highest BCUT2D eigenvalue weighted by molar-refractivity contribution is 6.07. The third kappa shape index (κ3) is 2.98. The zero-order valence-corrected chi connectivity index (χ0v) is 14.6. The largest absolute Gasteiger partial charge is 0.491 e. The Bertz CT molecular complexity index is 836. The fourth-order valence-electron chi connectivity index (χ4n) is 3.42. The van der Waals surface area contributed by atoms with Gasteiger partial charge in [-0.2, -0.15) is 0 Å². The molecule has 1 aliphatic carbocycles. The molecule has 0 heterocycles. The molecule has 0 spiro atoms. The minimum absolute atomic E-state index is 0.105. The van der Waals surface area contributed by atoms with E-state index in [0.29, 0.717) is 16.9 Å². The first-order valence-corrected chi connectivity index (χ1v) is 8.55. The zero-order chi connectivity index (χ0) is 18.6. The summed E-state index contributed by atoms with van der Waals surface area (Å²) in [6.07, 6.45) is 6.84. The molecule has 4 nitrogen and oxygen atoms in total. The molecule has 4 heteroatoms. The Hall–Kier alpha value is -2.69. The van der Waals surface area contributed by atoms with E-state index < -0.39 is 11.0 Å². The first-order chi connectivity index (χ1) is 12.5. The second-order valence-electron chi connectivity index (χ2n) is 6.44. The van der Waals surface area contributed by atoms with Crippen LogP contribution in [0.3, 0.4) is 0 Å². The van der Waals surface area contributed by atoms with Gasteiger partial charge in [0, 0.05) is 11.1 Å². The molecule has 0 radical (unpaired) electrons. The Morgan fingerprint density at radius 3 is 2.35 bits per heavy atom. The predicted molar refractivity (Wildman–Crippen MR) is 100 cm³/mol. The summed E-state index contributed by atoms with van der Waals surface area (Å²) in [5.74, 6) is 0.245. The molecule has 0 fully saturated rings. The van der Waals surface area contributed by atoms with Gasteiger partial charge in [-0.25, -0.2) is 0 Å². The van der Waals surface area contributed by atoms with Crippen LogP contribution in [-0.4, -0.2) is 34.8 Å². The van der Waals surface area contributed by atoms with Crippen molar-refractivity contribution in [3.05, 3.63) is 90.0 Å². The van der Waals surface area contributed by atoms with Crippen LogP contribution in [0.1, 0.15) is 22.8 Å². The summed E-state index contributed by atoms with van der Waals surface area (Å²) in [7, 11) is 0. The van der Waals surface area contributed by atoms with Crippen LogP contribution in [0.5, 0.6) is 5.75 Å². The standard InChI is InChI=1S/C22H22O4/c1-21(25)13-7-8-14-22(21,20(24)17-9-3-2-4-10-17)18-11-5-6-12-19(18)26-16-15-23/h2-14,23,25H,15-16H2,1H3. The molecule has 1 aliphatic rings. The number of hydrogen-bond acceptors (Lipinski definition) is 4. The Morgan fingerprint density at radius 1 is 1.00 bits per heavy atom. The lowest BCUT2D eigenvalue weighted by atomic mass is 9.62. The van der Waals surface area contributed by atoms with Gasteiger partial charge in [0.1, 0.15) is 23.4 Å². The fourth-order valence-corrected chi connectivity index (χ4v) is 3.42. The molecule has 2 N–H and O–H groups in total. The van der Waals surface area contributed by atoms with Crippen molar-refractivity contribution in [1.82, 2.24) is 0 Å². The van der Waals surface area contributed by atoms with E-state index >= 15 is 0 Å². The Kier molecular flexibility index (Phi) is 5.07. The van der Waals surface area contributed by atoms with Crippen LogP contribution in [0.2, 0.25) is 0 Å². The molecule has 0 bridgehead atoms. The molecule has 2 aromatic rings. The molecule has 2 unspecified atom stereocenters. The van der Waals surface area contributed by atoms with Crippen LogP contribution in [-0.2, 0) is 5.41 Å². The number of aliphatic hydroxyl groups excluding tert-OH is 1. The van der Waals surface area contributed by atoms with Crippen LogP contribution in [0.4, 0.5) is 0 Å². The molecule has 2 atom stereocenters. The van der Waals surface area contributed by atoms with Gasteiger partial charge in [-0.3, -0.25) is 4.79 Å². The Morgan fingerprint density at radius 2 is 1.65 bits per heavy atom. The van der Waals surface area contributed by atoms with Crippen LogP contribution in [0.15, 0.2) is 78.9 Å². The maximum Gasteiger partial charge on any atom is 0.180 e. The molecule has 0 saturated heterocycles. The molecule has 3 rings (SSSR count). The maximum atomic E-state index is 13.6. The predicted octanol–water partition coefficient (Wildman–Crippen LogP) is 3.06. The summed E-state index contributed by atoms with van der Waals surface area (Å²) in [4.78, 5) is 13.6. The van der Waals surface area contributed by atoms with Gasteiger partial charge in [0.05, 0.1) is 6.61 Å². The number of carbonyl (C=O) groups excluding carboxylic acids is 1. The number of rotatable bonds is 6. The molecule has 0 saturated carbocycles. The quantitative estimate of drug-likeness (QED) is 0.786. The van der Waals surface area contributed by atoms with Crippen molar-refractivity contribution < 1.29 is 19.7 Å². The first-order valence-electron chi connectivity index (χ1n) is 8.55. The summed E-state index contributed by atoms with van der Waals surface area (Å²) in [5, 5.41) is 20.4. The highest BCUT2D eigenvalue weighted by Crippen LogP contribution is 2.46. The minimum Gasteiger partial charge on any atom is -0.491 e. The number of carbonyl (C=O) groups is 1. The number of benzene rings is 2. The van der Waals surface area contributed by atoms with Gasteiger partial charge in [0.2, 0.25) is 0 Å². The van der Waals surface area contributed by atoms with E-state index in [9.17, 15) is 9.90 Å². The maximum absolute atomic E-state index is 13.6. The molecular weight excluding hydrogens is 328 g/mol. The highest BCUT2D eigenvalue weighted by Gasteiger charge is 2.53. The third-order valence-electron chi connectivity index (χ3n) is 4.73. The zero-order valence-electron chi connectivity index (χ0n) is 14.6. The molecule has 0 amide bonds. The molecular formula is C22H22O4. The summed E-state index contributed by atoms with van der Waals surface area (Å²) < 4.78 is 5.67. The molecule has 2 aromatic carbocycles. The van der Waals surface area contributed by atoms with Gasteiger partial charge in [-0.15, -0.1) is 0 Å². The van der Waals surface area contributed by atoms with E-state index in [2.05, 4.69) is 0 Å². The molecule has 26 heavy (non-hydrogen) atoms. The SMILES string of the molecule is CC1(O)C=CC=CC1(C(=O)c1ccccc1)c1ccccc1OCCO. The number of ketones is 1. The third-order valence-corrected chi connectivity index (χ3v) is 4.73. The van der Waals surface area contributed by atoms with Crippen molar-refractivity contribution in [2.24, 2.45) is 0 Å². The number of para-hydroxylation sites is 1. The highest BCUT2D eigenvalue weighted by atomic mass is 16.5. The van der Waals surface area contributed by atoms with E-state index in [1.807, 2.05) is 12.1 Å². The van der Waals surface area contributed by atoms with Crippen LogP contribution < -0.4 is 4.74 Å². The van der Waals surface area contributed by atoms with Crippen molar-refractivity contribution in [3.63, 3.8) is 0 Å². The Labute approximate surface area is 153 Å². The number of Topliss-reactive ketones (excluding diaryl/α,β-unsaturated/α-hetero) is 1. The summed E-state index contributed by atoms with van der Waals surface area (Å²) in [6, 6.07) is 16.1. The lowest BCUT2D eigenvalue weighted by molar-refractivity contribution is 0.0358. The minimum atomic E-state index is -1.45. The number of ether oxygens (including phenoxy) is 1. The van der Waals surface area contributed by atoms with Gasteiger partial charge in [0.25, 0.3) is 0 Å². The van der Waals surface area contributed by atoms with E-state index in [-0.39, 0.29) is 19.0 Å². The monoisotopic (exact) mass is 350 g/mol. The Balaban J connectivity index is 2.23. The lowest BCUT2D eigenvalue weighted by Gasteiger charge is -2.43. The number of aliphatic hydroxyl groups is 2. The normalized spacial score (nSPS) is 24.4. The lowest BCUT2D eigenvalue weighted by Crippen LogP contribution is -2.53. The van der Waals surface area contributed by atoms with E-state index in [0.717, 1.165) is 0 Å². The van der Waals surface area contributed by atoms with Crippen LogP contribution in [0.25, 0.3) is 0 Å². The van der Waals surface area contributed by atoms with Crippen LogP contribution in [0, 0.1) is 0 Å². The van der Waals surface area contributed by atoms with E-state index in [1.165, 1.54) is 0 Å². The van der Waals surface area contributed by atoms with Crippen molar-refractivity contribution in [3.8, 4) is 5.75 Å². The first kappa shape index (κ1) is 18.1. The van der Waals surface area contributed by atoms with Gasteiger partial charge in [-0.1, -0.05) is 72.8 Å². The smallest absolute Gasteiger partial charge is 0.180 e. The van der Waals surface area contributed by atoms with Crippen molar-refractivity contribution in [2.45, 2.75) is 17.9 Å². The van der Waals surface area contributed by atoms with Crippen molar-refractivity contribution in [1.29, 1.82) is 0 Å². The molecule has 0 aliphatic heterocycles. The van der Waals surface area contributed by atoms with E-state index in [4.69, 9.17) is 9.84 Å².